The first-order valence-electron chi connectivity index (χ1n) is 5.79. The molecule has 0 heterocycles. The van der Waals surface area contributed by atoms with Crippen LogP contribution in [0, 0.1) is 11.6 Å². The molecule has 0 fully saturated rings. The van der Waals surface area contributed by atoms with Gasteiger partial charge in [-0.05, 0) is 30.3 Å². The van der Waals surface area contributed by atoms with Gasteiger partial charge in [0, 0.05) is 0 Å². The number of halogens is 2. The van der Waals surface area contributed by atoms with Crippen molar-refractivity contribution in [2.24, 2.45) is 0 Å². The van der Waals surface area contributed by atoms with E-state index in [1.54, 1.807) is 6.07 Å². The van der Waals surface area contributed by atoms with Crippen LogP contribution in [0.1, 0.15) is 15.9 Å². The first-order valence-corrected chi connectivity index (χ1v) is 5.79. The van der Waals surface area contributed by atoms with Crippen molar-refractivity contribution in [1.82, 2.24) is 0 Å². The Balaban J connectivity index is 2.58. The Morgan fingerprint density at radius 2 is 1.65 bits per heavy atom. The molecule has 0 aliphatic carbocycles. The Kier molecular flexibility index (Phi) is 3.98. The zero-order chi connectivity index (χ0) is 14.7. The Morgan fingerprint density at radius 3 is 2.20 bits per heavy atom. The van der Waals surface area contributed by atoms with Crippen LogP contribution < -0.4 is 9.47 Å². The Hall–Kier alpha value is -2.43. The standard InChI is InChI=1S/C15H12F2O3/c1-19-9-6-7-13(20-2)10(8-9)15(18)14-11(16)4-3-5-12(14)17/h3-8H,1-2H3. The number of carbonyl (C=O) groups is 1. The number of carbonyl (C=O) groups excluding carboxylic acids is 1. The van der Waals surface area contributed by atoms with Crippen LogP contribution in [-0.2, 0) is 0 Å². The number of rotatable bonds is 4. The molecule has 0 bridgehead atoms. The van der Waals surface area contributed by atoms with Crippen LogP contribution in [0.15, 0.2) is 36.4 Å². The topological polar surface area (TPSA) is 35.5 Å². The van der Waals surface area contributed by atoms with Crippen LogP contribution >= 0.6 is 0 Å². The molecule has 2 aromatic carbocycles. The third kappa shape index (κ3) is 2.47. The van der Waals surface area contributed by atoms with Crippen molar-refractivity contribution in [1.29, 1.82) is 0 Å². The molecule has 0 atom stereocenters. The van der Waals surface area contributed by atoms with E-state index in [4.69, 9.17) is 9.47 Å². The molecule has 2 aromatic rings. The van der Waals surface area contributed by atoms with Crippen molar-refractivity contribution in [2.45, 2.75) is 0 Å². The van der Waals surface area contributed by atoms with Gasteiger partial charge in [0.25, 0.3) is 0 Å². The summed E-state index contributed by atoms with van der Waals surface area (Å²) in [4.78, 5) is 12.3. The van der Waals surface area contributed by atoms with Crippen LogP contribution in [0.2, 0.25) is 0 Å². The summed E-state index contributed by atoms with van der Waals surface area (Å²) in [7, 11) is 2.80. The predicted molar refractivity (Wildman–Crippen MR) is 69.3 cm³/mol. The molecule has 0 spiro atoms. The van der Waals surface area contributed by atoms with Gasteiger partial charge in [0.1, 0.15) is 23.1 Å². The molecular weight excluding hydrogens is 266 g/mol. The third-order valence-electron chi connectivity index (χ3n) is 2.84. The van der Waals surface area contributed by atoms with Gasteiger partial charge in [0.05, 0.1) is 25.3 Å². The summed E-state index contributed by atoms with van der Waals surface area (Å²) in [5, 5.41) is 0. The molecule has 20 heavy (non-hydrogen) atoms. The van der Waals surface area contributed by atoms with Crippen LogP contribution in [0.3, 0.4) is 0 Å². The molecule has 0 N–H and O–H groups in total. The lowest BCUT2D eigenvalue weighted by Crippen LogP contribution is -2.09. The highest BCUT2D eigenvalue weighted by atomic mass is 19.1. The largest absolute Gasteiger partial charge is 0.497 e. The highest BCUT2D eigenvalue weighted by molar-refractivity contribution is 6.11. The van der Waals surface area contributed by atoms with Gasteiger partial charge < -0.3 is 9.47 Å². The zero-order valence-corrected chi connectivity index (χ0v) is 10.9. The van der Waals surface area contributed by atoms with Crippen LogP contribution in [0.25, 0.3) is 0 Å². The normalized spacial score (nSPS) is 10.2. The number of hydrogen-bond acceptors (Lipinski definition) is 3. The second kappa shape index (κ2) is 5.69. The lowest BCUT2D eigenvalue weighted by molar-refractivity contribution is 0.102. The van der Waals surface area contributed by atoms with Crippen LogP contribution in [0.4, 0.5) is 8.78 Å². The number of benzene rings is 2. The molecule has 5 heteroatoms. The number of hydrogen-bond donors (Lipinski definition) is 0. The molecule has 2 rings (SSSR count). The second-order valence-corrected chi connectivity index (χ2v) is 3.99. The summed E-state index contributed by atoms with van der Waals surface area (Å²) in [6.45, 7) is 0. The minimum atomic E-state index is -0.917. The Morgan fingerprint density at radius 1 is 1.00 bits per heavy atom. The lowest BCUT2D eigenvalue weighted by Gasteiger charge is -2.10. The average molecular weight is 278 g/mol. The van der Waals surface area contributed by atoms with E-state index in [1.807, 2.05) is 0 Å². The van der Waals surface area contributed by atoms with Gasteiger partial charge >= 0.3 is 0 Å². The molecule has 0 radical (unpaired) electrons. The van der Waals surface area contributed by atoms with Gasteiger partial charge in [-0.2, -0.15) is 0 Å². The summed E-state index contributed by atoms with van der Waals surface area (Å²) in [5.41, 5.74) is -0.574. The molecule has 3 nitrogen and oxygen atoms in total. The molecule has 0 aromatic heterocycles. The molecule has 0 saturated heterocycles. The van der Waals surface area contributed by atoms with Gasteiger partial charge in [-0.1, -0.05) is 6.07 Å². The van der Waals surface area contributed by atoms with E-state index in [0.29, 0.717) is 5.75 Å². The maximum atomic E-state index is 13.7. The number of ketones is 1. The van der Waals surface area contributed by atoms with E-state index in [2.05, 4.69) is 0 Å². The van der Waals surface area contributed by atoms with Gasteiger partial charge in [-0.3, -0.25) is 4.79 Å². The Labute approximate surface area is 114 Å². The van der Waals surface area contributed by atoms with E-state index < -0.39 is 23.0 Å². The summed E-state index contributed by atoms with van der Waals surface area (Å²) in [5.74, 6) is -2.01. The molecule has 0 aliphatic rings. The van der Waals surface area contributed by atoms with Gasteiger partial charge in [0.15, 0.2) is 0 Å². The van der Waals surface area contributed by atoms with Gasteiger partial charge in [-0.25, -0.2) is 8.78 Å². The summed E-state index contributed by atoms with van der Waals surface area (Å²) in [6, 6.07) is 7.74. The minimum absolute atomic E-state index is 0.0378. The number of ether oxygens (including phenoxy) is 2. The maximum absolute atomic E-state index is 13.7. The Bertz CT molecular complexity index is 633. The highest BCUT2D eigenvalue weighted by Gasteiger charge is 2.22. The first kappa shape index (κ1) is 14.0. The third-order valence-corrected chi connectivity index (χ3v) is 2.84. The summed E-state index contributed by atoms with van der Waals surface area (Å²) in [6.07, 6.45) is 0. The van der Waals surface area contributed by atoms with Crippen molar-refractivity contribution in [3.8, 4) is 11.5 Å². The fourth-order valence-corrected chi connectivity index (χ4v) is 1.84. The molecule has 0 amide bonds. The zero-order valence-electron chi connectivity index (χ0n) is 10.9. The van der Waals surface area contributed by atoms with E-state index in [-0.39, 0.29) is 11.3 Å². The predicted octanol–water partition coefficient (Wildman–Crippen LogP) is 3.21. The van der Waals surface area contributed by atoms with E-state index in [9.17, 15) is 13.6 Å². The number of methoxy groups -OCH3 is 2. The van der Waals surface area contributed by atoms with Crippen molar-refractivity contribution >= 4 is 5.78 Å². The maximum Gasteiger partial charge on any atom is 0.202 e. The molecule has 0 unspecified atom stereocenters. The van der Waals surface area contributed by atoms with Gasteiger partial charge in [-0.15, -0.1) is 0 Å². The highest BCUT2D eigenvalue weighted by Crippen LogP contribution is 2.28. The monoisotopic (exact) mass is 278 g/mol. The molecular formula is C15H12F2O3. The fraction of sp³-hybridized carbons (Fsp3) is 0.133. The van der Waals surface area contributed by atoms with Crippen molar-refractivity contribution in [3.05, 3.63) is 59.2 Å². The minimum Gasteiger partial charge on any atom is -0.497 e. The first-order chi connectivity index (χ1) is 9.58. The molecule has 104 valence electrons. The van der Waals surface area contributed by atoms with E-state index in [0.717, 1.165) is 12.1 Å². The van der Waals surface area contributed by atoms with Crippen LogP contribution in [-0.4, -0.2) is 20.0 Å². The van der Waals surface area contributed by atoms with Crippen molar-refractivity contribution in [2.75, 3.05) is 14.2 Å². The SMILES string of the molecule is COc1ccc(OC)c(C(=O)c2c(F)cccc2F)c1. The van der Waals surface area contributed by atoms with Gasteiger partial charge in [0.2, 0.25) is 5.78 Å². The quantitative estimate of drug-likeness (QED) is 0.806. The second-order valence-electron chi connectivity index (χ2n) is 3.99. The molecule has 0 saturated carbocycles. The smallest absolute Gasteiger partial charge is 0.202 e. The molecule has 0 aliphatic heterocycles. The van der Waals surface area contributed by atoms with E-state index >= 15 is 0 Å². The summed E-state index contributed by atoms with van der Waals surface area (Å²) < 4.78 is 37.4. The lowest BCUT2D eigenvalue weighted by atomic mass is 10.0. The summed E-state index contributed by atoms with van der Waals surface area (Å²) >= 11 is 0. The van der Waals surface area contributed by atoms with Crippen molar-refractivity contribution < 1.29 is 23.0 Å². The average Bonchev–Trinajstić information content (AvgIpc) is 2.46. The van der Waals surface area contributed by atoms with Crippen molar-refractivity contribution in [3.63, 3.8) is 0 Å². The van der Waals surface area contributed by atoms with Crippen LogP contribution in [0.5, 0.6) is 11.5 Å². The fourth-order valence-electron chi connectivity index (χ4n) is 1.84. The van der Waals surface area contributed by atoms with E-state index in [1.165, 1.54) is 32.4 Å².